The molecule has 3 rings (SSSR count). The number of hydrogen-bond acceptors (Lipinski definition) is 4. The van der Waals surface area contributed by atoms with Crippen molar-refractivity contribution in [3.8, 4) is 5.69 Å². The fraction of sp³-hybridized carbons (Fsp3) is 0.227. The average Bonchev–Trinajstić information content (AvgIpc) is 3.13. The number of hydrogen-bond donors (Lipinski definition) is 2. The van der Waals surface area contributed by atoms with E-state index in [1.165, 1.54) is 7.11 Å². The van der Waals surface area contributed by atoms with E-state index in [1.54, 1.807) is 53.2 Å². The van der Waals surface area contributed by atoms with Crippen LogP contribution < -0.4 is 10.6 Å². The summed E-state index contributed by atoms with van der Waals surface area (Å²) < 4.78 is 6.36. The lowest BCUT2D eigenvalue weighted by Gasteiger charge is -2.14. The minimum atomic E-state index is -0.418. The highest BCUT2D eigenvalue weighted by molar-refractivity contribution is 6.30. The van der Waals surface area contributed by atoms with Crippen molar-refractivity contribution >= 4 is 35.1 Å². The molecule has 1 heterocycles. The number of methoxy groups -OCH3 is 1. The molecule has 0 radical (unpaired) electrons. The molecule has 0 unspecified atom stereocenters. The standard InChI is InChI=1S/C22H23ClN4O3/c1-22(2,3)18-13-19(25-21(29)24-16-9-7-15(23)8-10-16)27(26-18)17-11-5-14(6-12-17)20(28)30-4/h5-13H,1-4H3,(H2,24,25,29). The van der Waals surface area contributed by atoms with Crippen LogP contribution in [0.2, 0.25) is 5.02 Å². The quantitative estimate of drug-likeness (QED) is 0.557. The minimum Gasteiger partial charge on any atom is -0.465 e. The van der Waals surface area contributed by atoms with E-state index in [0.29, 0.717) is 27.8 Å². The number of carbonyl (C=O) groups excluding carboxylic acids is 2. The molecule has 7 nitrogen and oxygen atoms in total. The lowest BCUT2D eigenvalue weighted by Crippen LogP contribution is -2.21. The summed E-state index contributed by atoms with van der Waals surface area (Å²) in [6, 6.07) is 15.0. The molecule has 3 aromatic rings. The van der Waals surface area contributed by atoms with Crippen molar-refractivity contribution in [1.82, 2.24) is 9.78 Å². The predicted molar refractivity (Wildman–Crippen MR) is 118 cm³/mol. The summed E-state index contributed by atoms with van der Waals surface area (Å²) in [5.41, 5.74) is 2.32. The van der Waals surface area contributed by atoms with Crippen molar-refractivity contribution < 1.29 is 14.3 Å². The van der Waals surface area contributed by atoms with E-state index >= 15 is 0 Å². The summed E-state index contributed by atoms with van der Waals surface area (Å²) in [4.78, 5) is 24.2. The number of carbonyl (C=O) groups is 2. The summed E-state index contributed by atoms with van der Waals surface area (Å²) in [5.74, 6) is 0.0790. The molecule has 0 atom stereocenters. The van der Waals surface area contributed by atoms with E-state index < -0.39 is 12.0 Å². The van der Waals surface area contributed by atoms with Crippen molar-refractivity contribution in [2.75, 3.05) is 17.7 Å². The number of aromatic nitrogens is 2. The normalized spacial score (nSPS) is 11.1. The molecule has 0 aliphatic carbocycles. The maximum atomic E-state index is 12.5. The Hall–Kier alpha value is -3.32. The molecule has 0 spiro atoms. The van der Waals surface area contributed by atoms with Crippen molar-refractivity contribution in [3.63, 3.8) is 0 Å². The zero-order valence-electron chi connectivity index (χ0n) is 17.2. The molecule has 1 aromatic heterocycles. The highest BCUT2D eigenvalue weighted by Crippen LogP contribution is 2.26. The molecule has 8 heteroatoms. The fourth-order valence-electron chi connectivity index (χ4n) is 2.70. The molecule has 30 heavy (non-hydrogen) atoms. The van der Waals surface area contributed by atoms with Gasteiger partial charge in [-0.15, -0.1) is 0 Å². The molecular weight excluding hydrogens is 404 g/mol. The number of ether oxygens (including phenoxy) is 1. The third kappa shape index (κ3) is 4.99. The topological polar surface area (TPSA) is 85.2 Å². The van der Waals surface area contributed by atoms with Gasteiger partial charge in [-0.1, -0.05) is 32.4 Å². The largest absolute Gasteiger partial charge is 0.465 e. The Labute approximate surface area is 180 Å². The third-order valence-corrected chi connectivity index (χ3v) is 4.61. The van der Waals surface area contributed by atoms with Crippen LogP contribution in [-0.4, -0.2) is 28.9 Å². The van der Waals surface area contributed by atoms with Gasteiger partial charge in [0.05, 0.1) is 24.1 Å². The van der Waals surface area contributed by atoms with E-state index in [2.05, 4.69) is 15.7 Å². The lowest BCUT2D eigenvalue weighted by molar-refractivity contribution is 0.0600. The SMILES string of the molecule is COC(=O)c1ccc(-n2nc(C(C)(C)C)cc2NC(=O)Nc2ccc(Cl)cc2)cc1. The first kappa shape index (κ1) is 21.4. The van der Waals surface area contributed by atoms with Gasteiger partial charge in [0, 0.05) is 22.2 Å². The Bertz CT molecular complexity index is 1050. The Morgan fingerprint density at radius 1 is 1.00 bits per heavy atom. The maximum Gasteiger partial charge on any atom is 0.337 e. The Balaban J connectivity index is 1.89. The van der Waals surface area contributed by atoms with E-state index in [4.69, 9.17) is 16.3 Å². The highest BCUT2D eigenvalue weighted by atomic mass is 35.5. The van der Waals surface area contributed by atoms with Crippen LogP contribution in [0.3, 0.4) is 0 Å². The van der Waals surface area contributed by atoms with Gasteiger partial charge in [0.15, 0.2) is 0 Å². The van der Waals surface area contributed by atoms with Crippen LogP contribution in [0.4, 0.5) is 16.3 Å². The van der Waals surface area contributed by atoms with E-state index in [9.17, 15) is 9.59 Å². The fourth-order valence-corrected chi connectivity index (χ4v) is 2.83. The minimum absolute atomic E-state index is 0.222. The van der Waals surface area contributed by atoms with Gasteiger partial charge in [-0.05, 0) is 48.5 Å². The van der Waals surface area contributed by atoms with Gasteiger partial charge in [0.2, 0.25) is 0 Å². The number of urea groups is 1. The number of rotatable bonds is 4. The molecule has 0 bridgehead atoms. The number of esters is 1. The monoisotopic (exact) mass is 426 g/mol. The first-order valence-corrected chi connectivity index (χ1v) is 9.68. The lowest BCUT2D eigenvalue weighted by atomic mass is 9.92. The van der Waals surface area contributed by atoms with Crippen molar-refractivity contribution in [3.05, 3.63) is 70.9 Å². The van der Waals surface area contributed by atoms with Crippen LogP contribution in [0.1, 0.15) is 36.8 Å². The molecular formula is C22H23ClN4O3. The summed E-state index contributed by atoms with van der Waals surface area (Å²) in [6.45, 7) is 6.12. The summed E-state index contributed by atoms with van der Waals surface area (Å²) in [6.07, 6.45) is 0. The second-order valence-corrected chi connectivity index (χ2v) is 8.14. The average molecular weight is 427 g/mol. The Morgan fingerprint density at radius 3 is 2.20 bits per heavy atom. The van der Waals surface area contributed by atoms with Crippen LogP contribution >= 0.6 is 11.6 Å². The van der Waals surface area contributed by atoms with Crippen molar-refractivity contribution in [2.24, 2.45) is 0 Å². The predicted octanol–water partition coefficient (Wildman–Crippen LogP) is 5.25. The number of anilines is 2. The van der Waals surface area contributed by atoms with E-state index in [0.717, 1.165) is 5.69 Å². The number of nitrogens with zero attached hydrogens (tertiary/aromatic N) is 2. The summed E-state index contributed by atoms with van der Waals surface area (Å²) >= 11 is 5.88. The molecule has 156 valence electrons. The molecule has 2 N–H and O–H groups in total. The molecule has 0 saturated heterocycles. The Kier molecular flexibility index (Phi) is 6.12. The first-order valence-electron chi connectivity index (χ1n) is 9.30. The van der Waals surface area contributed by atoms with Gasteiger partial charge in [-0.25, -0.2) is 14.3 Å². The zero-order valence-corrected chi connectivity index (χ0v) is 17.9. The van der Waals surface area contributed by atoms with E-state index in [-0.39, 0.29) is 5.41 Å². The van der Waals surface area contributed by atoms with Crippen LogP contribution in [0.15, 0.2) is 54.6 Å². The van der Waals surface area contributed by atoms with Gasteiger partial charge < -0.3 is 10.1 Å². The molecule has 0 aliphatic rings. The van der Waals surface area contributed by atoms with Crippen LogP contribution in [0, 0.1) is 0 Å². The first-order chi connectivity index (χ1) is 14.2. The molecule has 2 aromatic carbocycles. The second kappa shape index (κ2) is 8.59. The van der Waals surface area contributed by atoms with Crippen LogP contribution in [0.25, 0.3) is 5.69 Å². The highest BCUT2D eigenvalue weighted by Gasteiger charge is 2.21. The van der Waals surface area contributed by atoms with Gasteiger partial charge in [-0.2, -0.15) is 5.10 Å². The zero-order chi connectivity index (χ0) is 21.9. The van der Waals surface area contributed by atoms with Crippen molar-refractivity contribution in [2.45, 2.75) is 26.2 Å². The summed E-state index contributed by atoms with van der Waals surface area (Å²) in [7, 11) is 1.33. The third-order valence-electron chi connectivity index (χ3n) is 4.35. The van der Waals surface area contributed by atoms with Gasteiger partial charge in [-0.3, -0.25) is 5.32 Å². The number of amides is 2. The number of nitrogens with one attached hydrogen (secondary N) is 2. The number of halogens is 1. The molecule has 0 fully saturated rings. The molecule has 0 aliphatic heterocycles. The van der Waals surface area contributed by atoms with Crippen LogP contribution in [0.5, 0.6) is 0 Å². The van der Waals surface area contributed by atoms with Gasteiger partial charge >= 0.3 is 12.0 Å². The van der Waals surface area contributed by atoms with E-state index in [1.807, 2.05) is 26.8 Å². The smallest absolute Gasteiger partial charge is 0.337 e. The number of benzene rings is 2. The maximum absolute atomic E-state index is 12.5. The molecule has 2 amide bonds. The van der Waals surface area contributed by atoms with Gasteiger partial charge in [0.1, 0.15) is 5.82 Å². The van der Waals surface area contributed by atoms with Crippen molar-refractivity contribution in [1.29, 1.82) is 0 Å². The van der Waals surface area contributed by atoms with Gasteiger partial charge in [0.25, 0.3) is 0 Å². The second-order valence-electron chi connectivity index (χ2n) is 7.70. The Morgan fingerprint density at radius 2 is 1.63 bits per heavy atom. The summed E-state index contributed by atoms with van der Waals surface area (Å²) in [5, 5.41) is 10.8. The van der Waals surface area contributed by atoms with Crippen LogP contribution in [-0.2, 0) is 10.2 Å². The molecule has 0 saturated carbocycles.